The third-order valence-electron chi connectivity index (χ3n) is 5.24. The van der Waals surface area contributed by atoms with E-state index >= 15 is 0 Å². The van der Waals surface area contributed by atoms with Crippen LogP contribution in [-0.2, 0) is 6.54 Å². The summed E-state index contributed by atoms with van der Waals surface area (Å²) in [6.07, 6.45) is 2.59. The maximum absolute atomic E-state index is 9.42. The summed E-state index contributed by atoms with van der Waals surface area (Å²) in [6.45, 7) is 8.70. The second kappa shape index (κ2) is 6.11. The maximum atomic E-state index is 9.42. The quantitative estimate of drug-likeness (QED) is 0.815. The van der Waals surface area contributed by atoms with Gasteiger partial charge in [0.25, 0.3) is 0 Å². The monoisotopic (exact) mass is 286 g/mol. The summed E-state index contributed by atoms with van der Waals surface area (Å²) >= 11 is 0. The van der Waals surface area contributed by atoms with Gasteiger partial charge in [-0.3, -0.25) is 4.90 Å². The lowest BCUT2D eigenvalue weighted by molar-refractivity contribution is 0.244. The van der Waals surface area contributed by atoms with Crippen LogP contribution in [0.1, 0.15) is 25.3 Å². The Kier molecular flexibility index (Phi) is 4.39. The van der Waals surface area contributed by atoms with Crippen molar-refractivity contribution in [3.8, 4) is 0 Å². The molecule has 3 rings (SSSR count). The zero-order chi connectivity index (χ0) is 14.9. The van der Waals surface area contributed by atoms with E-state index in [0.29, 0.717) is 5.41 Å². The molecule has 0 radical (unpaired) electrons. The lowest BCUT2D eigenvalue weighted by Crippen LogP contribution is -2.39. The molecule has 0 aromatic heterocycles. The van der Waals surface area contributed by atoms with Gasteiger partial charge in [-0.1, -0.05) is 37.3 Å². The zero-order valence-electron chi connectivity index (χ0n) is 13.3. The molecule has 3 nitrogen and oxygen atoms in total. The van der Waals surface area contributed by atoms with Crippen molar-refractivity contribution in [2.24, 2.45) is 17.3 Å². The minimum atomic E-state index is -0.392. The van der Waals surface area contributed by atoms with Crippen LogP contribution in [0, 0.1) is 17.3 Å². The van der Waals surface area contributed by atoms with Gasteiger partial charge >= 0.3 is 7.05 Å². The molecule has 2 N–H and O–H groups in total. The molecule has 2 fully saturated rings. The molecule has 1 aliphatic heterocycles. The fourth-order valence-corrected chi connectivity index (χ4v) is 4.36. The molecule has 4 heteroatoms. The van der Waals surface area contributed by atoms with Gasteiger partial charge in [0.15, 0.2) is 0 Å². The van der Waals surface area contributed by atoms with Crippen LogP contribution in [0.15, 0.2) is 30.3 Å². The molecule has 1 aromatic rings. The van der Waals surface area contributed by atoms with Crippen LogP contribution >= 0.6 is 0 Å². The zero-order valence-corrected chi connectivity index (χ0v) is 13.3. The van der Waals surface area contributed by atoms with E-state index in [1.165, 1.54) is 31.5 Å². The van der Waals surface area contributed by atoms with Gasteiger partial charge < -0.3 is 10.3 Å². The van der Waals surface area contributed by atoms with Crippen molar-refractivity contribution in [1.29, 1.82) is 0 Å². The number of hydrogen-bond acceptors (Lipinski definition) is 3. The van der Waals surface area contributed by atoms with Gasteiger partial charge in [-0.05, 0) is 49.0 Å². The molecule has 0 amide bonds. The molecular weight excluding hydrogens is 259 g/mol. The summed E-state index contributed by atoms with van der Waals surface area (Å²) in [5, 5.41) is 12.6. The Morgan fingerprint density at radius 3 is 2.43 bits per heavy atom. The smallest absolute Gasteiger partial charge is 0.373 e. The first-order valence-corrected chi connectivity index (χ1v) is 8.22. The predicted octanol–water partition coefficient (Wildman–Crippen LogP) is 2.23. The molecule has 0 bridgehead atoms. The van der Waals surface area contributed by atoms with Gasteiger partial charge in [0.2, 0.25) is 0 Å². The number of rotatable bonds is 5. The van der Waals surface area contributed by atoms with Gasteiger partial charge in [0.1, 0.15) is 0 Å². The van der Waals surface area contributed by atoms with Crippen molar-refractivity contribution in [2.45, 2.75) is 33.1 Å². The highest BCUT2D eigenvalue weighted by molar-refractivity contribution is 6.45. The van der Waals surface area contributed by atoms with Crippen LogP contribution in [-0.4, -0.2) is 36.6 Å². The van der Waals surface area contributed by atoms with E-state index in [2.05, 4.69) is 47.4 Å². The van der Waals surface area contributed by atoms with E-state index in [9.17, 15) is 5.02 Å². The molecule has 1 unspecified atom stereocenters. The first kappa shape index (κ1) is 15.1. The fourth-order valence-electron chi connectivity index (χ4n) is 4.36. The normalized spacial score (nSPS) is 32.3. The SMILES string of the molecule is CB(O)NCC1(C)C[C@H]2CN(Cc3ccccc3)C[C@H]2C1. The average Bonchev–Trinajstić information content (AvgIpc) is 2.92. The Morgan fingerprint density at radius 1 is 1.24 bits per heavy atom. The highest BCUT2D eigenvalue weighted by atomic mass is 16.2. The van der Waals surface area contributed by atoms with Gasteiger partial charge in [-0.15, -0.1) is 0 Å². The molecule has 1 heterocycles. The lowest BCUT2D eigenvalue weighted by Gasteiger charge is -2.28. The Bertz CT molecular complexity index is 451. The van der Waals surface area contributed by atoms with E-state index in [4.69, 9.17) is 0 Å². The Morgan fingerprint density at radius 2 is 1.86 bits per heavy atom. The first-order chi connectivity index (χ1) is 10.0. The van der Waals surface area contributed by atoms with Gasteiger partial charge in [-0.2, -0.15) is 0 Å². The second-order valence-electron chi connectivity index (χ2n) is 7.48. The van der Waals surface area contributed by atoms with Crippen molar-refractivity contribution in [3.05, 3.63) is 35.9 Å². The number of benzene rings is 1. The molecular formula is C17H27BN2O. The lowest BCUT2D eigenvalue weighted by atomic mass is 9.81. The van der Waals surface area contributed by atoms with E-state index in [0.717, 1.165) is 24.9 Å². The van der Waals surface area contributed by atoms with Crippen LogP contribution in [0.4, 0.5) is 0 Å². The highest BCUT2D eigenvalue weighted by Gasteiger charge is 2.46. The van der Waals surface area contributed by atoms with Crippen molar-refractivity contribution >= 4 is 7.05 Å². The topological polar surface area (TPSA) is 35.5 Å². The summed E-state index contributed by atoms with van der Waals surface area (Å²) in [4.78, 5) is 2.62. The van der Waals surface area contributed by atoms with E-state index < -0.39 is 7.05 Å². The molecule has 1 aromatic carbocycles. The standard InChI is InChI=1S/C17H27BN2O/c1-17(13-19-18(2)21)8-15-11-20(12-16(15)9-17)10-14-6-4-3-5-7-14/h3-7,15-16,19,21H,8-13H2,1-2H3/t15-,16+,17?. The second-order valence-corrected chi connectivity index (χ2v) is 7.48. The first-order valence-electron chi connectivity index (χ1n) is 8.22. The summed E-state index contributed by atoms with van der Waals surface area (Å²) < 4.78 is 0. The van der Waals surface area contributed by atoms with Crippen molar-refractivity contribution in [1.82, 2.24) is 10.1 Å². The molecule has 2 aliphatic rings. The maximum Gasteiger partial charge on any atom is 0.373 e. The van der Waals surface area contributed by atoms with Crippen LogP contribution in [0.5, 0.6) is 0 Å². The summed E-state index contributed by atoms with van der Waals surface area (Å²) in [6, 6.07) is 10.8. The number of nitrogens with zero attached hydrogens (tertiary/aromatic N) is 1. The van der Waals surface area contributed by atoms with Crippen molar-refractivity contribution in [2.75, 3.05) is 19.6 Å². The average molecular weight is 286 g/mol. The summed E-state index contributed by atoms with van der Waals surface area (Å²) in [7, 11) is -0.392. The number of hydrogen-bond donors (Lipinski definition) is 2. The number of fused-ring (bicyclic) bond motifs is 1. The van der Waals surface area contributed by atoms with Gasteiger partial charge in [0.05, 0.1) is 0 Å². The third-order valence-corrected chi connectivity index (χ3v) is 5.24. The van der Waals surface area contributed by atoms with Crippen LogP contribution in [0.25, 0.3) is 0 Å². The molecule has 0 spiro atoms. The molecule has 1 saturated carbocycles. The minimum absolute atomic E-state index is 0.366. The highest BCUT2D eigenvalue weighted by Crippen LogP contribution is 2.48. The van der Waals surface area contributed by atoms with Gasteiger partial charge in [-0.25, -0.2) is 0 Å². The van der Waals surface area contributed by atoms with Crippen LogP contribution in [0.3, 0.4) is 0 Å². The molecule has 1 aliphatic carbocycles. The molecule has 21 heavy (non-hydrogen) atoms. The van der Waals surface area contributed by atoms with Crippen LogP contribution < -0.4 is 5.23 Å². The Balaban J connectivity index is 1.52. The van der Waals surface area contributed by atoms with Crippen LogP contribution in [0.2, 0.25) is 6.82 Å². The van der Waals surface area contributed by atoms with Crippen molar-refractivity contribution < 1.29 is 5.02 Å². The number of nitrogens with one attached hydrogen (secondary N) is 1. The fraction of sp³-hybridized carbons (Fsp3) is 0.647. The van der Waals surface area contributed by atoms with Crippen molar-refractivity contribution in [3.63, 3.8) is 0 Å². The van der Waals surface area contributed by atoms with E-state index in [1.807, 2.05) is 0 Å². The largest absolute Gasteiger partial charge is 0.437 e. The molecule has 114 valence electrons. The third kappa shape index (κ3) is 3.68. The summed E-state index contributed by atoms with van der Waals surface area (Å²) in [5.41, 5.74) is 1.79. The number of likely N-dealkylation sites (tertiary alicyclic amines) is 1. The van der Waals surface area contributed by atoms with E-state index in [1.54, 1.807) is 6.82 Å². The Labute approximate surface area is 128 Å². The van der Waals surface area contributed by atoms with Gasteiger partial charge in [0, 0.05) is 19.6 Å². The molecule has 3 atom stereocenters. The Hall–Kier alpha value is -0.835. The predicted molar refractivity (Wildman–Crippen MR) is 87.9 cm³/mol. The molecule has 1 saturated heterocycles. The minimum Gasteiger partial charge on any atom is -0.437 e. The summed E-state index contributed by atoms with van der Waals surface area (Å²) in [5.74, 6) is 1.68. The van der Waals surface area contributed by atoms with E-state index in [-0.39, 0.29) is 0 Å².